The molecule has 1 unspecified atom stereocenters. The van der Waals surface area contributed by atoms with E-state index in [0.717, 1.165) is 25.1 Å². The van der Waals surface area contributed by atoms with Crippen molar-refractivity contribution in [2.75, 3.05) is 20.1 Å². The van der Waals surface area contributed by atoms with Crippen molar-refractivity contribution in [1.82, 2.24) is 14.7 Å². The van der Waals surface area contributed by atoms with Gasteiger partial charge in [-0.05, 0) is 40.3 Å². The highest BCUT2D eigenvalue weighted by atomic mass is 35.5. The molecule has 0 saturated carbocycles. The molecule has 0 bridgehead atoms. The first-order valence-corrected chi connectivity index (χ1v) is 6.46. The molecule has 4 nitrogen and oxygen atoms in total. The Hall–Kier alpha value is -0.580. The average Bonchev–Trinajstić information content (AvgIpc) is 2.60. The summed E-state index contributed by atoms with van der Waals surface area (Å²) in [6, 6.07) is 0.203. The summed E-state index contributed by atoms with van der Waals surface area (Å²) in [7, 11) is 2.02. The minimum absolute atomic E-state index is 0.203. The highest BCUT2D eigenvalue weighted by Crippen LogP contribution is 2.36. The quantitative estimate of drug-likeness (QED) is 0.882. The van der Waals surface area contributed by atoms with E-state index in [4.69, 9.17) is 11.6 Å². The Balaban J connectivity index is 2.41. The third kappa shape index (κ3) is 2.34. The maximum Gasteiger partial charge on any atom is 0.120 e. The fraction of sp³-hybridized carbons (Fsp3) is 0.750. The molecule has 0 spiro atoms. The molecule has 2 heterocycles. The van der Waals surface area contributed by atoms with Crippen LogP contribution in [-0.2, 0) is 5.60 Å². The van der Waals surface area contributed by atoms with Gasteiger partial charge in [0.25, 0.3) is 0 Å². The van der Waals surface area contributed by atoms with Gasteiger partial charge in [-0.3, -0.25) is 4.68 Å². The molecule has 1 aliphatic heterocycles. The number of rotatable bonds is 2. The van der Waals surface area contributed by atoms with Crippen molar-refractivity contribution in [2.45, 2.75) is 38.3 Å². The number of hydrogen-bond acceptors (Lipinski definition) is 3. The Morgan fingerprint density at radius 2 is 2.24 bits per heavy atom. The molecule has 0 aliphatic carbocycles. The normalized spacial score (nSPS) is 26.7. The van der Waals surface area contributed by atoms with Gasteiger partial charge in [0.1, 0.15) is 5.60 Å². The zero-order valence-electron chi connectivity index (χ0n) is 10.6. The van der Waals surface area contributed by atoms with Crippen molar-refractivity contribution in [3.63, 3.8) is 0 Å². The van der Waals surface area contributed by atoms with Crippen LogP contribution in [-0.4, -0.2) is 39.9 Å². The molecule has 96 valence electrons. The summed E-state index contributed by atoms with van der Waals surface area (Å²) in [5.41, 5.74) is -0.106. The first-order valence-electron chi connectivity index (χ1n) is 6.08. The molecule has 2 rings (SSSR count). The molecule has 0 amide bonds. The lowest BCUT2D eigenvalue weighted by Crippen LogP contribution is -2.45. The van der Waals surface area contributed by atoms with Gasteiger partial charge in [0.15, 0.2) is 0 Å². The number of aromatic nitrogens is 2. The number of nitrogens with zero attached hydrogens (tertiary/aromatic N) is 3. The van der Waals surface area contributed by atoms with Gasteiger partial charge in [-0.25, -0.2) is 0 Å². The average molecular weight is 258 g/mol. The lowest BCUT2D eigenvalue weighted by molar-refractivity contribution is -0.0352. The number of likely N-dealkylation sites (tertiary alicyclic amines) is 1. The van der Waals surface area contributed by atoms with Gasteiger partial charge in [-0.1, -0.05) is 11.6 Å². The second-order valence-corrected chi connectivity index (χ2v) is 5.66. The Bertz CT molecular complexity index is 404. The van der Waals surface area contributed by atoms with E-state index in [2.05, 4.69) is 10.00 Å². The molecule has 0 aromatic carbocycles. The Morgan fingerprint density at radius 1 is 1.53 bits per heavy atom. The molecule has 1 aromatic heterocycles. The Labute approximate surface area is 107 Å². The molecule has 17 heavy (non-hydrogen) atoms. The van der Waals surface area contributed by atoms with E-state index < -0.39 is 5.60 Å². The van der Waals surface area contributed by atoms with E-state index in [0.29, 0.717) is 11.6 Å². The summed E-state index contributed by atoms with van der Waals surface area (Å²) in [6.07, 6.45) is 3.35. The summed E-state index contributed by atoms with van der Waals surface area (Å²) in [5, 5.41) is 15.7. The second-order valence-electron chi connectivity index (χ2n) is 5.25. The molecular weight excluding hydrogens is 238 g/mol. The maximum absolute atomic E-state index is 10.8. The van der Waals surface area contributed by atoms with Crippen LogP contribution in [0.5, 0.6) is 0 Å². The fourth-order valence-corrected chi connectivity index (χ4v) is 2.91. The van der Waals surface area contributed by atoms with Crippen molar-refractivity contribution in [3.05, 3.63) is 16.9 Å². The summed E-state index contributed by atoms with van der Waals surface area (Å²) >= 11 is 6.20. The lowest BCUT2D eigenvalue weighted by atomic mass is 9.89. The highest BCUT2D eigenvalue weighted by Gasteiger charge is 2.38. The molecule has 1 saturated heterocycles. The standard InChI is InChI=1S/C12H20ClN3O/c1-9(2)16-11(10(13)7-14-16)12(17)5-4-6-15(3)8-12/h7,9,17H,4-6,8H2,1-3H3. The van der Waals surface area contributed by atoms with Gasteiger partial charge < -0.3 is 10.0 Å². The van der Waals surface area contributed by atoms with Crippen molar-refractivity contribution >= 4 is 11.6 Å². The van der Waals surface area contributed by atoms with E-state index in [1.165, 1.54) is 0 Å². The van der Waals surface area contributed by atoms with E-state index in [9.17, 15) is 5.11 Å². The van der Waals surface area contributed by atoms with Crippen LogP contribution in [0.15, 0.2) is 6.20 Å². The topological polar surface area (TPSA) is 41.3 Å². The predicted octanol–water partition coefficient (Wildman–Crippen LogP) is 2.03. The second kappa shape index (κ2) is 4.59. The number of aliphatic hydroxyl groups is 1. The molecule has 1 aromatic rings. The van der Waals surface area contributed by atoms with E-state index in [1.54, 1.807) is 6.20 Å². The van der Waals surface area contributed by atoms with Crippen LogP contribution in [0.3, 0.4) is 0 Å². The van der Waals surface area contributed by atoms with Gasteiger partial charge in [-0.15, -0.1) is 0 Å². The Kier molecular flexibility index (Phi) is 3.48. The number of likely N-dealkylation sites (N-methyl/N-ethyl adjacent to an activating group) is 1. The van der Waals surface area contributed by atoms with Gasteiger partial charge in [0.05, 0.1) is 16.9 Å². The van der Waals surface area contributed by atoms with Crippen molar-refractivity contribution in [3.8, 4) is 0 Å². The summed E-state index contributed by atoms with van der Waals surface area (Å²) < 4.78 is 1.83. The summed E-state index contributed by atoms with van der Waals surface area (Å²) in [6.45, 7) is 5.73. The zero-order chi connectivity index (χ0) is 12.6. The predicted molar refractivity (Wildman–Crippen MR) is 68.2 cm³/mol. The van der Waals surface area contributed by atoms with Crippen molar-refractivity contribution < 1.29 is 5.11 Å². The third-order valence-electron chi connectivity index (χ3n) is 3.34. The van der Waals surface area contributed by atoms with E-state index >= 15 is 0 Å². The summed E-state index contributed by atoms with van der Waals surface area (Å²) in [4.78, 5) is 2.14. The van der Waals surface area contributed by atoms with Crippen LogP contribution in [0.25, 0.3) is 0 Å². The monoisotopic (exact) mass is 257 g/mol. The number of hydrogen-bond donors (Lipinski definition) is 1. The van der Waals surface area contributed by atoms with Gasteiger partial charge in [0.2, 0.25) is 0 Å². The van der Waals surface area contributed by atoms with Crippen molar-refractivity contribution in [1.29, 1.82) is 0 Å². The maximum atomic E-state index is 10.8. The number of halogens is 1. The zero-order valence-corrected chi connectivity index (χ0v) is 11.4. The molecule has 5 heteroatoms. The minimum atomic E-state index is -0.870. The number of β-amino-alcohol motifs (C(OH)–C–C–N with tert-alkyl or cyclic N) is 1. The first kappa shape index (κ1) is 12.9. The van der Waals surface area contributed by atoms with Crippen LogP contribution in [0, 0.1) is 0 Å². The molecular formula is C12H20ClN3O. The van der Waals surface area contributed by atoms with Crippen LogP contribution in [0.4, 0.5) is 0 Å². The van der Waals surface area contributed by atoms with E-state index in [1.807, 2.05) is 25.6 Å². The van der Waals surface area contributed by atoms with Gasteiger partial charge in [-0.2, -0.15) is 5.10 Å². The summed E-state index contributed by atoms with van der Waals surface area (Å²) in [5.74, 6) is 0. The van der Waals surface area contributed by atoms with E-state index in [-0.39, 0.29) is 6.04 Å². The van der Waals surface area contributed by atoms with Crippen LogP contribution in [0.1, 0.15) is 38.4 Å². The number of piperidine rings is 1. The molecule has 1 atom stereocenters. The van der Waals surface area contributed by atoms with Crippen molar-refractivity contribution in [2.24, 2.45) is 0 Å². The van der Waals surface area contributed by atoms with Crippen LogP contribution >= 0.6 is 11.6 Å². The van der Waals surface area contributed by atoms with Crippen LogP contribution in [0.2, 0.25) is 5.02 Å². The smallest absolute Gasteiger partial charge is 0.120 e. The molecule has 0 radical (unpaired) electrons. The SMILES string of the molecule is CC(C)n1ncc(Cl)c1C1(O)CCCN(C)C1. The Morgan fingerprint density at radius 3 is 2.82 bits per heavy atom. The van der Waals surface area contributed by atoms with Crippen LogP contribution < -0.4 is 0 Å². The fourth-order valence-electron chi connectivity index (χ4n) is 2.61. The highest BCUT2D eigenvalue weighted by molar-refractivity contribution is 6.31. The molecule has 1 N–H and O–H groups in total. The lowest BCUT2D eigenvalue weighted by Gasteiger charge is -2.38. The molecule has 1 aliphatic rings. The van der Waals surface area contributed by atoms with Gasteiger partial charge in [0, 0.05) is 12.6 Å². The first-order chi connectivity index (χ1) is 7.94. The minimum Gasteiger partial charge on any atom is -0.382 e. The van der Waals surface area contributed by atoms with Gasteiger partial charge >= 0.3 is 0 Å². The molecule has 1 fully saturated rings. The third-order valence-corrected chi connectivity index (χ3v) is 3.62. The largest absolute Gasteiger partial charge is 0.382 e.